The average Bonchev–Trinajstić information content (AvgIpc) is 2.18. The van der Waals surface area contributed by atoms with Crippen LogP contribution in [0, 0.1) is 5.82 Å². The predicted octanol–water partition coefficient (Wildman–Crippen LogP) is -0.793. The zero-order valence-electron chi connectivity index (χ0n) is 9.13. The monoisotopic (exact) mass is 264 g/mol. The lowest BCUT2D eigenvalue weighted by molar-refractivity contribution is -0.178. The fourth-order valence-electron chi connectivity index (χ4n) is 1.03. The Morgan fingerprint density at radius 1 is 1.71 bits per heavy atom. The second-order valence-electron chi connectivity index (χ2n) is 3.50. The van der Waals surface area contributed by atoms with Crippen molar-refractivity contribution in [2.24, 2.45) is 0 Å². The first-order valence-corrected chi connectivity index (χ1v) is 6.93. The van der Waals surface area contributed by atoms with Crippen molar-refractivity contribution in [2.45, 2.75) is 6.54 Å². The topological polar surface area (TPSA) is 110 Å². The molecule has 1 atom stereocenters. The van der Waals surface area contributed by atoms with Gasteiger partial charge in [0, 0.05) is 13.6 Å². The molecule has 0 bridgehead atoms. The summed E-state index contributed by atoms with van der Waals surface area (Å²) in [6.07, 6.45) is 0.476. The van der Waals surface area contributed by atoms with Crippen LogP contribution in [0.3, 0.4) is 0 Å². The summed E-state index contributed by atoms with van der Waals surface area (Å²) in [4.78, 5) is 25.2. The minimum Gasteiger partial charge on any atom is -0.798 e. The molecule has 0 radical (unpaired) electrons. The minimum absolute atomic E-state index is 0.00301. The van der Waals surface area contributed by atoms with Crippen LogP contribution in [0.25, 0.3) is 0 Å². The predicted molar refractivity (Wildman–Crippen MR) is 57.2 cm³/mol. The molecule has 1 heterocycles. The maximum absolute atomic E-state index is 13.0. The Labute approximate surface area is 96.5 Å². The van der Waals surface area contributed by atoms with Crippen molar-refractivity contribution < 1.29 is 18.6 Å². The second kappa shape index (κ2) is 5.39. The van der Waals surface area contributed by atoms with Crippen LogP contribution in [0.1, 0.15) is 0 Å². The number of hydrogen-bond donors (Lipinski definition) is 1. The molecule has 0 aliphatic carbocycles. The Morgan fingerprint density at radius 3 is 2.94 bits per heavy atom. The number of halogens is 1. The first-order valence-electron chi connectivity index (χ1n) is 4.67. The molecular formula is C8H12FN3O4P-. The maximum Gasteiger partial charge on any atom is 0.349 e. The quantitative estimate of drug-likeness (QED) is 0.551. The number of anilines is 1. The van der Waals surface area contributed by atoms with Gasteiger partial charge in [0.25, 0.3) is 0 Å². The molecule has 1 rings (SSSR count). The Morgan fingerprint density at radius 2 is 2.35 bits per heavy atom. The zero-order chi connectivity index (χ0) is 13.1. The van der Waals surface area contributed by atoms with E-state index < -0.39 is 31.0 Å². The molecule has 0 aliphatic heterocycles. The van der Waals surface area contributed by atoms with Gasteiger partial charge >= 0.3 is 5.69 Å². The summed E-state index contributed by atoms with van der Waals surface area (Å²) in [5, 5.41) is 0. The molecule has 9 heteroatoms. The van der Waals surface area contributed by atoms with Crippen LogP contribution in [0.15, 0.2) is 11.0 Å². The molecule has 0 saturated heterocycles. The van der Waals surface area contributed by atoms with E-state index in [1.54, 1.807) is 0 Å². The minimum atomic E-state index is -3.49. The van der Waals surface area contributed by atoms with E-state index in [-0.39, 0.29) is 13.2 Å². The molecule has 1 aromatic heterocycles. The first-order chi connectivity index (χ1) is 7.79. The van der Waals surface area contributed by atoms with E-state index in [0.29, 0.717) is 0 Å². The molecule has 0 amide bonds. The van der Waals surface area contributed by atoms with Gasteiger partial charge in [-0.2, -0.15) is 4.98 Å². The Bertz CT molecular complexity index is 498. The van der Waals surface area contributed by atoms with Gasteiger partial charge in [-0.05, 0) is 6.66 Å². The van der Waals surface area contributed by atoms with E-state index in [0.717, 1.165) is 17.4 Å². The fraction of sp³-hybridized carbons (Fsp3) is 0.500. The van der Waals surface area contributed by atoms with E-state index in [2.05, 4.69) is 4.98 Å². The lowest BCUT2D eigenvalue weighted by Gasteiger charge is -2.17. The molecule has 96 valence electrons. The average molecular weight is 264 g/mol. The summed E-state index contributed by atoms with van der Waals surface area (Å²) in [6, 6.07) is 0. The third-order valence-electron chi connectivity index (χ3n) is 1.78. The molecule has 0 spiro atoms. The highest BCUT2D eigenvalue weighted by molar-refractivity contribution is 7.55. The zero-order valence-corrected chi connectivity index (χ0v) is 10.0. The van der Waals surface area contributed by atoms with Crippen molar-refractivity contribution in [3.05, 3.63) is 22.5 Å². The smallest absolute Gasteiger partial charge is 0.349 e. The number of nitrogen functional groups attached to an aromatic ring is 1. The fourth-order valence-corrected chi connectivity index (χ4v) is 1.49. The van der Waals surface area contributed by atoms with Gasteiger partial charge in [0.15, 0.2) is 11.6 Å². The van der Waals surface area contributed by atoms with Crippen LogP contribution < -0.4 is 16.3 Å². The highest BCUT2D eigenvalue weighted by Crippen LogP contribution is 2.28. The van der Waals surface area contributed by atoms with Gasteiger partial charge in [0.2, 0.25) is 0 Å². The Balaban J connectivity index is 2.56. The van der Waals surface area contributed by atoms with Crippen LogP contribution in [0.4, 0.5) is 10.2 Å². The van der Waals surface area contributed by atoms with Crippen molar-refractivity contribution >= 4 is 13.2 Å². The SMILES string of the molecule is CP(=O)([O-])COCCn1cc(F)c(N)nc1=O. The number of hydrogen-bond acceptors (Lipinski definition) is 6. The van der Waals surface area contributed by atoms with Gasteiger partial charge in [-0.15, -0.1) is 0 Å². The van der Waals surface area contributed by atoms with Crippen molar-refractivity contribution in [1.29, 1.82) is 0 Å². The molecule has 1 aromatic rings. The molecular weight excluding hydrogens is 252 g/mol. The highest BCUT2D eigenvalue weighted by atomic mass is 31.2. The third kappa shape index (κ3) is 4.64. The number of nitrogens with two attached hydrogens (primary N) is 1. The van der Waals surface area contributed by atoms with E-state index in [1.165, 1.54) is 0 Å². The summed E-state index contributed by atoms with van der Waals surface area (Å²) in [5.74, 6) is -1.28. The van der Waals surface area contributed by atoms with Gasteiger partial charge in [0.1, 0.15) is 0 Å². The lowest BCUT2D eigenvalue weighted by atomic mass is 10.5. The van der Waals surface area contributed by atoms with Crippen molar-refractivity contribution in [2.75, 3.05) is 25.4 Å². The number of nitrogens with zero attached hydrogens (tertiary/aromatic N) is 2. The third-order valence-corrected chi connectivity index (χ3v) is 2.43. The molecule has 0 fully saturated rings. The molecule has 17 heavy (non-hydrogen) atoms. The molecule has 0 saturated carbocycles. The van der Waals surface area contributed by atoms with Gasteiger partial charge in [-0.3, -0.25) is 4.57 Å². The summed E-state index contributed by atoms with van der Waals surface area (Å²) >= 11 is 0. The van der Waals surface area contributed by atoms with E-state index in [9.17, 15) is 18.6 Å². The van der Waals surface area contributed by atoms with E-state index in [1.807, 2.05) is 0 Å². The van der Waals surface area contributed by atoms with Crippen LogP contribution >= 0.6 is 7.37 Å². The Hall–Kier alpha value is -1.24. The standard InChI is InChI=1S/C8H13FN3O4P/c1-17(14,15)5-16-3-2-12-4-6(9)7(10)11-8(12)13/h4H,2-3,5H2,1H3,(H,14,15)(H2,10,11,13)/p-1. The van der Waals surface area contributed by atoms with Crippen LogP contribution in [-0.4, -0.2) is 29.2 Å². The lowest BCUT2D eigenvalue weighted by Crippen LogP contribution is -2.26. The van der Waals surface area contributed by atoms with E-state index in [4.69, 9.17) is 10.5 Å². The first kappa shape index (κ1) is 13.8. The van der Waals surface area contributed by atoms with Crippen LogP contribution in [0.2, 0.25) is 0 Å². The van der Waals surface area contributed by atoms with Crippen molar-refractivity contribution in [3.63, 3.8) is 0 Å². The second-order valence-corrected chi connectivity index (χ2v) is 5.79. The summed E-state index contributed by atoms with van der Waals surface area (Å²) < 4.78 is 29.5. The van der Waals surface area contributed by atoms with Crippen LogP contribution in [-0.2, 0) is 15.8 Å². The van der Waals surface area contributed by atoms with E-state index >= 15 is 0 Å². The summed E-state index contributed by atoms with van der Waals surface area (Å²) in [6.45, 7) is 1.01. The normalized spacial score (nSPS) is 14.5. The number of rotatable bonds is 5. The highest BCUT2D eigenvalue weighted by Gasteiger charge is 2.05. The van der Waals surface area contributed by atoms with Gasteiger partial charge in [0.05, 0.1) is 19.5 Å². The number of ether oxygens (including phenoxy) is 1. The number of aromatic nitrogens is 2. The summed E-state index contributed by atoms with van der Waals surface area (Å²) in [7, 11) is -3.49. The molecule has 0 aliphatic rings. The van der Waals surface area contributed by atoms with Crippen molar-refractivity contribution in [3.8, 4) is 0 Å². The molecule has 7 nitrogen and oxygen atoms in total. The van der Waals surface area contributed by atoms with Gasteiger partial charge in [-0.1, -0.05) is 0 Å². The van der Waals surface area contributed by atoms with Crippen LogP contribution in [0.5, 0.6) is 0 Å². The Kier molecular flexibility index (Phi) is 4.39. The van der Waals surface area contributed by atoms with Gasteiger partial charge < -0.3 is 19.9 Å². The molecule has 2 N–H and O–H groups in total. The molecule has 0 aromatic carbocycles. The van der Waals surface area contributed by atoms with Crippen molar-refractivity contribution in [1.82, 2.24) is 9.55 Å². The van der Waals surface area contributed by atoms with Gasteiger partial charge in [-0.25, -0.2) is 9.18 Å². The summed E-state index contributed by atoms with van der Waals surface area (Å²) in [5.41, 5.74) is 4.38. The maximum atomic E-state index is 13.0. The molecule has 1 unspecified atom stereocenters. The largest absolute Gasteiger partial charge is 0.798 e.